The number of alkyl halides is 1. The average molecular weight is 275 g/mol. The Kier molecular flexibility index (Phi) is 4.31. The Morgan fingerprint density at radius 3 is 2.26 bits per heavy atom. The molecule has 0 heterocycles. The monoisotopic (exact) mass is 274 g/mol. The van der Waals surface area contributed by atoms with Gasteiger partial charge in [-0.05, 0) is 12.1 Å². The third kappa shape index (κ3) is 3.20. The lowest BCUT2D eigenvalue weighted by atomic mass is 10.0. The average Bonchev–Trinajstić information content (AvgIpc) is 2.48. The van der Waals surface area contributed by atoms with Gasteiger partial charge in [0.05, 0.1) is 5.56 Å². The van der Waals surface area contributed by atoms with Gasteiger partial charge >= 0.3 is 5.97 Å². The van der Waals surface area contributed by atoms with E-state index in [9.17, 15) is 9.59 Å². The van der Waals surface area contributed by atoms with E-state index >= 15 is 0 Å². The molecule has 96 valence electrons. The first-order valence-electron chi connectivity index (χ1n) is 5.68. The van der Waals surface area contributed by atoms with Crippen molar-refractivity contribution < 1.29 is 14.3 Å². The van der Waals surface area contributed by atoms with Gasteiger partial charge in [0.25, 0.3) is 0 Å². The van der Waals surface area contributed by atoms with E-state index in [0.717, 1.165) is 0 Å². The first-order chi connectivity index (χ1) is 9.22. The fourth-order valence-corrected chi connectivity index (χ4v) is 1.69. The number of para-hydroxylation sites is 1. The summed E-state index contributed by atoms with van der Waals surface area (Å²) >= 11 is 5.39. The van der Waals surface area contributed by atoms with Crippen molar-refractivity contribution in [2.45, 2.75) is 0 Å². The number of halogens is 1. The zero-order valence-electron chi connectivity index (χ0n) is 10.0. The second-order valence-corrected chi connectivity index (χ2v) is 4.07. The van der Waals surface area contributed by atoms with Crippen molar-refractivity contribution in [2.24, 2.45) is 0 Å². The summed E-state index contributed by atoms with van der Waals surface area (Å²) in [4.78, 5) is 23.5. The smallest absolute Gasteiger partial charge is 0.326 e. The highest BCUT2D eigenvalue weighted by Gasteiger charge is 2.15. The van der Waals surface area contributed by atoms with E-state index in [2.05, 4.69) is 0 Å². The molecule has 0 N–H and O–H groups in total. The molecule has 2 aromatic rings. The summed E-state index contributed by atoms with van der Waals surface area (Å²) < 4.78 is 5.05. The summed E-state index contributed by atoms with van der Waals surface area (Å²) in [5, 5.41) is 0. The van der Waals surface area contributed by atoms with Crippen LogP contribution >= 0.6 is 11.6 Å². The van der Waals surface area contributed by atoms with E-state index in [1.165, 1.54) is 0 Å². The molecule has 0 radical (unpaired) electrons. The maximum absolute atomic E-state index is 12.3. The van der Waals surface area contributed by atoms with Crippen LogP contribution in [0.3, 0.4) is 0 Å². The van der Waals surface area contributed by atoms with Gasteiger partial charge in [0.1, 0.15) is 11.6 Å². The van der Waals surface area contributed by atoms with E-state index in [-0.39, 0.29) is 17.4 Å². The Balaban J connectivity index is 2.35. The van der Waals surface area contributed by atoms with Crippen LogP contribution in [0.2, 0.25) is 0 Å². The van der Waals surface area contributed by atoms with Crippen LogP contribution in [-0.2, 0) is 4.79 Å². The molecule has 0 aliphatic rings. The van der Waals surface area contributed by atoms with Gasteiger partial charge in [0, 0.05) is 5.56 Å². The highest BCUT2D eigenvalue weighted by atomic mass is 35.5. The SMILES string of the molecule is O=C(CCl)Oc1ccccc1C(=O)c1ccccc1. The van der Waals surface area contributed by atoms with Crippen LogP contribution < -0.4 is 4.74 Å². The Morgan fingerprint density at radius 1 is 0.947 bits per heavy atom. The summed E-state index contributed by atoms with van der Waals surface area (Å²) in [7, 11) is 0. The standard InChI is InChI=1S/C15H11ClO3/c16-10-14(17)19-13-9-5-4-8-12(13)15(18)11-6-2-1-3-7-11/h1-9H,10H2. The zero-order chi connectivity index (χ0) is 13.7. The fourth-order valence-electron chi connectivity index (χ4n) is 1.64. The summed E-state index contributed by atoms with van der Waals surface area (Å²) in [5.41, 5.74) is 0.879. The zero-order valence-corrected chi connectivity index (χ0v) is 10.8. The Bertz CT molecular complexity index is 593. The molecule has 0 aliphatic carbocycles. The number of ether oxygens (including phenoxy) is 1. The van der Waals surface area contributed by atoms with Gasteiger partial charge in [-0.1, -0.05) is 42.5 Å². The van der Waals surface area contributed by atoms with Crippen LogP contribution in [0.5, 0.6) is 5.75 Å². The molecule has 0 saturated carbocycles. The van der Waals surface area contributed by atoms with E-state index in [0.29, 0.717) is 11.1 Å². The molecule has 0 aromatic heterocycles. The minimum atomic E-state index is -0.588. The molecule has 0 bridgehead atoms. The molecule has 0 aliphatic heterocycles. The van der Waals surface area contributed by atoms with Gasteiger partial charge in [-0.3, -0.25) is 9.59 Å². The molecule has 0 saturated heterocycles. The van der Waals surface area contributed by atoms with Crippen molar-refractivity contribution in [3.05, 3.63) is 65.7 Å². The Morgan fingerprint density at radius 2 is 1.58 bits per heavy atom. The first-order valence-corrected chi connectivity index (χ1v) is 6.21. The lowest BCUT2D eigenvalue weighted by Crippen LogP contribution is -2.12. The van der Waals surface area contributed by atoms with Crippen molar-refractivity contribution >= 4 is 23.4 Å². The Hall–Kier alpha value is -2.13. The van der Waals surface area contributed by atoms with Gasteiger partial charge in [-0.25, -0.2) is 0 Å². The number of ketones is 1. The summed E-state index contributed by atoms with van der Waals surface area (Å²) in [5.74, 6) is -0.816. The quantitative estimate of drug-likeness (QED) is 0.372. The predicted molar refractivity (Wildman–Crippen MR) is 72.7 cm³/mol. The minimum Gasteiger partial charge on any atom is -0.425 e. The summed E-state index contributed by atoms with van der Waals surface area (Å²) in [6, 6.07) is 15.4. The molecular formula is C15H11ClO3. The first kappa shape index (κ1) is 13.3. The lowest BCUT2D eigenvalue weighted by Gasteiger charge is -2.08. The third-order valence-corrected chi connectivity index (χ3v) is 2.72. The largest absolute Gasteiger partial charge is 0.425 e. The van der Waals surface area contributed by atoms with Gasteiger partial charge in [0.2, 0.25) is 0 Å². The van der Waals surface area contributed by atoms with Gasteiger partial charge in [0.15, 0.2) is 5.78 Å². The molecule has 0 amide bonds. The van der Waals surface area contributed by atoms with Crippen molar-refractivity contribution in [1.29, 1.82) is 0 Å². The highest BCUT2D eigenvalue weighted by Crippen LogP contribution is 2.21. The predicted octanol–water partition coefficient (Wildman–Crippen LogP) is 3.06. The van der Waals surface area contributed by atoms with Crippen LogP contribution in [0.1, 0.15) is 15.9 Å². The van der Waals surface area contributed by atoms with Crippen LogP contribution in [-0.4, -0.2) is 17.6 Å². The summed E-state index contributed by atoms with van der Waals surface area (Å²) in [6.45, 7) is 0. The summed E-state index contributed by atoms with van der Waals surface area (Å²) in [6.07, 6.45) is 0. The van der Waals surface area contributed by atoms with Crippen molar-refractivity contribution in [3.8, 4) is 5.75 Å². The van der Waals surface area contributed by atoms with E-state index in [1.54, 1.807) is 48.5 Å². The number of benzene rings is 2. The Labute approximate surface area is 115 Å². The normalized spacial score (nSPS) is 9.95. The maximum atomic E-state index is 12.3. The highest BCUT2D eigenvalue weighted by molar-refractivity contribution is 6.26. The fraction of sp³-hybridized carbons (Fsp3) is 0.0667. The van der Waals surface area contributed by atoms with Crippen LogP contribution in [0.25, 0.3) is 0 Å². The topological polar surface area (TPSA) is 43.4 Å². The molecule has 4 heteroatoms. The number of esters is 1. The van der Waals surface area contributed by atoms with Crippen molar-refractivity contribution in [1.82, 2.24) is 0 Å². The molecule has 2 aromatic carbocycles. The number of carbonyl (C=O) groups excluding carboxylic acids is 2. The van der Waals surface area contributed by atoms with Crippen LogP contribution in [0.15, 0.2) is 54.6 Å². The van der Waals surface area contributed by atoms with E-state index in [4.69, 9.17) is 16.3 Å². The van der Waals surface area contributed by atoms with Gasteiger partial charge in [-0.2, -0.15) is 0 Å². The molecule has 0 atom stereocenters. The molecule has 19 heavy (non-hydrogen) atoms. The molecule has 0 spiro atoms. The molecule has 0 unspecified atom stereocenters. The van der Waals surface area contributed by atoms with Crippen molar-refractivity contribution in [2.75, 3.05) is 5.88 Å². The second-order valence-electron chi connectivity index (χ2n) is 3.80. The van der Waals surface area contributed by atoms with Crippen molar-refractivity contribution in [3.63, 3.8) is 0 Å². The number of hydrogen-bond acceptors (Lipinski definition) is 3. The second kappa shape index (κ2) is 6.16. The number of hydrogen-bond donors (Lipinski definition) is 0. The third-order valence-electron chi connectivity index (χ3n) is 2.50. The van der Waals surface area contributed by atoms with E-state index in [1.807, 2.05) is 6.07 Å². The minimum absolute atomic E-state index is 0.196. The lowest BCUT2D eigenvalue weighted by molar-refractivity contribution is -0.131. The van der Waals surface area contributed by atoms with Gasteiger partial charge < -0.3 is 4.74 Å². The number of carbonyl (C=O) groups is 2. The van der Waals surface area contributed by atoms with Crippen LogP contribution in [0.4, 0.5) is 0 Å². The number of rotatable bonds is 4. The molecular weight excluding hydrogens is 264 g/mol. The molecule has 3 nitrogen and oxygen atoms in total. The van der Waals surface area contributed by atoms with E-state index < -0.39 is 5.97 Å². The van der Waals surface area contributed by atoms with Gasteiger partial charge in [-0.15, -0.1) is 11.6 Å². The van der Waals surface area contributed by atoms with Crippen LogP contribution in [0, 0.1) is 0 Å². The molecule has 2 rings (SSSR count). The molecule has 0 fully saturated rings. The maximum Gasteiger partial charge on any atom is 0.326 e.